The normalized spacial score (nSPS) is 20.1. The third kappa shape index (κ3) is 1.87. The molecule has 1 aromatic heterocycles. The zero-order chi connectivity index (χ0) is 16.1. The van der Waals surface area contributed by atoms with Crippen LogP contribution < -0.4 is 10.6 Å². The van der Waals surface area contributed by atoms with Crippen LogP contribution >= 0.6 is 11.6 Å². The highest BCUT2D eigenvalue weighted by atomic mass is 35.5. The first-order chi connectivity index (χ1) is 10.4. The van der Waals surface area contributed by atoms with Crippen molar-refractivity contribution in [1.29, 1.82) is 0 Å². The van der Waals surface area contributed by atoms with Crippen LogP contribution in [0.4, 0.5) is 14.5 Å². The second-order valence-electron chi connectivity index (χ2n) is 5.21. The summed E-state index contributed by atoms with van der Waals surface area (Å²) >= 11 is 5.77. The van der Waals surface area contributed by atoms with Crippen molar-refractivity contribution in [2.24, 2.45) is 5.73 Å². The summed E-state index contributed by atoms with van der Waals surface area (Å²) in [5.41, 5.74) is 5.54. The van der Waals surface area contributed by atoms with Crippen LogP contribution in [-0.4, -0.2) is 17.9 Å². The molecule has 1 unspecified atom stereocenters. The number of rotatable bonds is 2. The van der Waals surface area contributed by atoms with Gasteiger partial charge in [-0.2, -0.15) is 0 Å². The van der Waals surface area contributed by atoms with Gasteiger partial charge < -0.3 is 10.6 Å². The average molecular weight is 324 g/mol. The molecule has 1 atom stereocenters. The molecule has 0 aliphatic carbocycles. The van der Waals surface area contributed by atoms with Crippen molar-refractivity contribution < 1.29 is 13.6 Å². The van der Waals surface area contributed by atoms with Crippen molar-refractivity contribution >= 4 is 23.2 Å². The van der Waals surface area contributed by atoms with Crippen LogP contribution in [0.5, 0.6) is 0 Å². The molecule has 7 heteroatoms. The number of carbonyl (C=O) groups is 1. The van der Waals surface area contributed by atoms with Crippen molar-refractivity contribution in [3.8, 4) is 0 Å². The van der Waals surface area contributed by atoms with Gasteiger partial charge >= 0.3 is 0 Å². The van der Waals surface area contributed by atoms with Gasteiger partial charge in [-0.1, -0.05) is 11.6 Å². The number of carbonyl (C=O) groups excluding carboxylic acids is 1. The number of primary amides is 1. The monoisotopic (exact) mass is 323 g/mol. The molecule has 4 nitrogen and oxygen atoms in total. The minimum Gasteiger partial charge on any atom is -0.367 e. The predicted molar refractivity (Wildman–Crippen MR) is 78.6 cm³/mol. The fraction of sp³-hybridized carbons (Fsp3) is 0.200. The molecule has 1 aliphatic rings. The summed E-state index contributed by atoms with van der Waals surface area (Å²) in [7, 11) is 1.63. The number of hydrogen-bond acceptors (Lipinski definition) is 3. The number of amides is 1. The Morgan fingerprint density at radius 3 is 2.77 bits per heavy atom. The SMILES string of the molecule is CN1c2ccncc2CC1(C(N)=O)c1cc(Cl)c(F)cc1F. The first-order valence-electron chi connectivity index (χ1n) is 6.49. The summed E-state index contributed by atoms with van der Waals surface area (Å²) in [5, 5.41) is -0.264. The molecular weight excluding hydrogens is 312 g/mol. The highest BCUT2D eigenvalue weighted by Crippen LogP contribution is 2.45. The van der Waals surface area contributed by atoms with Gasteiger partial charge in [0, 0.05) is 43.2 Å². The molecular formula is C15H12ClF2N3O. The molecule has 0 bridgehead atoms. The molecule has 22 heavy (non-hydrogen) atoms. The van der Waals surface area contributed by atoms with Gasteiger partial charge in [0.25, 0.3) is 0 Å². The van der Waals surface area contributed by atoms with Crippen LogP contribution in [0.25, 0.3) is 0 Å². The first kappa shape index (κ1) is 14.7. The topological polar surface area (TPSA) is 59.2 Å². The van der Waals surface area contributed by atoms with Crippen LogP contribution in [0.3, 0.4) is 0 Å². The van der Waals surface area contributed by atoms with Gasteiger partial charge in [-0.3, -0.25) is 9.78 Å². The Morgan fingerprint density at radius 1 is 1.41 bits per heavy atom. The zero-order valence-electron chi connectivity index (χ0n) is 11.6. The third-order valence-electron chi connectivity index (χ3n) is 4.12. The van der Waals surface area contributed by atoms with Gasteiger partial charge in [0.15, 0.2) is 5.54 Å². The van der Waals surface area contributed by atoms with Crippen molar-refractivity contribution in [2.75, 3.05) is 11.9 Å². The fourth-order valence-electron chi connectivity index (χ4n) is 2.98. The second-order valence-corrected chi connectivity index (χ2v) is 5.62. The van der Waals surface area contributed by atoms with Crippen LogP contribution in [-0.2, 0) is 16.8 Å². The molecule has 0 saturated carbocycles. The van der Waals surface area contributed by atoms with E-state index in [0.717, 1.165) is 11.6 Å². The molecule has 2 aromatic rings. The maximum atomic E-state index is 14.3. The number of hydrogen-bond donors (Lipinski definition) is 1. The lowest BCUT2D eigenvalue weighted by Gasteiger charge is -2.35. The van der Waals surface area contributed by atoms with Crippen molar-refractivity contribution in [3.63, 3.8) is 0 Å². The largest absolute Gasteiger partial charge is 0.367 e. The highest BCUT2D eigenvalue weighted by molar-refractivity contribution is 6.30. The highest BCUT2D eigenvalue weighted by Gasteiger charge is 2.50. The van der Waals surface area contributed by atoms with Crippen LogP contribution in [0, 0.1) is 11.6 Å². The zero-order valence-corrected chi connectivity index (χ0v) is 12.4. The van der Waals surface area contributed by atoms with Gasteiger partial charge in [0.2, 0.25) is 5.91 Å². The van der Waals surface area contributed by atoms with E-state index in [0.29, 0.717) is 11.8 Å². The number of benzene rings is 1. The number of halogens is 3. The molecule has 0 saturated heterocycles. The number of nitrogens with zero attached hydrogens (tertiary/aromatic N) is 2. The summed E-state index contributed by atoms with van der Waals surface area (Å²) < 4.78 is 27.8. The van der Waals surface area contributed by atoms with E-state index in [9.17, 15) is 13.6 Å². The Labute approximate surface area is 130 Å². The third-order valence-corrected chi connectivity index (χ3v) is 4.41. The quantitative estimate of drug-likeness (QED) is 0.863. The number of nitrogens with two attached hydrogens (primary N) is 1. The van der Waals surface area contributed by atoms with Crippen LogP contribution in [0.2, 0.25) is 5.02 Å². The van der Waals surface area contributed by atoms with E-state index in [1.54, 1.807) is 30.4 Å². The first-order valence-corrected chi connectivity index (χ1v) is 6.87. The maximum absolute atomic E-state index is 14.3. The Hall–Kier alpha value is -2.21. The maximum Gasteiger partial charge on any atom is 0.248 e. The van der Waals surface area contributed by atoms with Gasteiger partial charge in [0.1, 0.15) is 11.6 Å². The summed E-state index contributed by atoms with van der Waals surface area (Å²) in [5.74, 6) is -2.50. The predicted octanol–water partition coefficient (Wildman–Crippen LogP) is 2.39. The van der Waals surface area contributed by atoms with Crippen molar-refractivity contribution in [2.45, 2.75) is 12.0 Å². The summed E-state index contributed by atoms with van der Waals surface area (Å²) in [6.45, 7) is 0. The Balaban J connectivity index is 2.25. The van der Waals surface area contributed by atoms with Crippen LogP contribution in [0.1, 0.15) is 11.1 Å². The van der Waals surface area contributed by atoms with E-state index in [1.807, 2.05) is 0 Å². The van der Waals surface area contributed by atoms with Gasteiger partial charge in [-0.25, -0.2) is 8.78 Å². The minimum atomic E-state index is -1.47. The van der Waals surface area contributed by atoms with E-state index in [4.69, 9.17) is 17.3 Å². The van der Waals surface area contributed by atoms with Gasteiger partial charge in [-0.05, 0) is 17.7 Å². The van der Waals surface area contributed by atoms with Crippen LogP contribution in [0.15, 0.2) is 30.6 Å². The molecule has 1 aliphatic heterocycles. The molecule has 3 rings (SSSR count). The van der Waals surface area contributed by atoms with E-state index in [-0.39, 0.29) is 17.0 Å². The summed E-state index contributed by atoms with van der Waals surface area (Å²) in [6.07, 6.45) is 3.31. The van der Waals surface area contributed by atoms with Crippen molar-refractivity contribution in [1.82, 2.24) is 4.98 Å². The van der Waals surface area contributed by atoms with E-state index in [2.05, 4.69) is 4.98 Å². The second kappa shape index (κ2) is 4.91. The van der Waals surface area contributed by atoms with Crippen molar-refractivity contribution in [3.05, 3.63) is 58.4 Å². The fourth-order valence-corrected chi connectivity index (χ4v) is 3.15. The molecule has 1 amide bonds. The number of pyridine rings is 1. The van der Waals surface area contributed by atoms with Gasteiger partial charge in [-0.15, -0.1) is 0 Å². The molecule has 0 radical (unpaired) electrons. The Kier molecular flexibility index (Phi) is 3.29. The average Bonchev–Trinajstić information content (AvgIpc) is 2.78. The van der Waals surface area contributed by atoms with E-state index in [1.165, 1.54) is 0 Å². The molecule has 1 aromatic carbocycles. The van der Waals surface area contributed by atoms with Gasteiger partial charge in [0.05, 0.1) is 5.02 Å². The molecule has 2 N–H and O–H groups in total. The number of aromatic nitrogens is 1. The lowest BCUT2D eigenvalue weighted by atomic mass is 9.85. The number of fused-ring (bicyclic) bond motifs is 1. The standard InChI is InChI=1S/C15H12ClF2N3O/c1-21-13-2-3-20-7-8(13)6-15(21,14(19)22)9-4-10(16)12(18)5-11(9)17/h2-5,7H,6H2,1H3,(H2,19,22). The summed E-state index contributed by atoms with van der Waals surface area (Å²) in [4.78, 5) is 17.8. The van der Waals surface area contributed by atoms with E-state index < -0.39 is 23.1 Å². The lowest BCUT2D eigenvalue weighted by molar-refractivity contribution is -0.123. The molecule has 114 valence electrons. The smallest absolute Gasteiger partial charge is 0.248 e. The molecule has 0 spiro atoms. The Morgan fingerprint density at radius 2 is 2.14 bits per heavy atom. The molecule has 2 heterocycles. The molecule has 0 fully saturated rings. The van der Waals surface area contributed by atoms with E-state index >= 15 is 0 Å². The number of anilines is 1. The summed E-state index contributed by atoms with van der Waals surface area (Å²) in [6, 6.07) is 3.49. The Bertz CT molecular complexity index is 783. The number of likely N-dealkylation sites (N-methyl/N-ethyl adjacent to an activating group) is 1. The minimum absolute atomic E-state index is 0.0508. The lowest BCUT2D eigenvalue weighted by Crippen LogP contribution is -2.52.